The standard InChI is InChI=1S/C14H16N2O3S/c1-10(17)15-14-16(7-8-20-14)9-13(18)11-3-5-12(19-2)6-4-11/h3-8,13,18H,9H2,1-2H3/t13-/m0/s1. The number of amides is 1. The number of nitrogens with zero attached hydrogens (tertiary/aromatic N) is 2. The Hall–Kier alpha value is -1.92. The average molecular weight is 292 g/mol. The summed E-state index contributed by atoms with van der Waals surface area (Å²) in [5.41, 5.74) is 0.790. The van der Waals surface area contributed by atoms with E-state index in [0.29, 0.717) is 11.3 Å². The molecule has 1 aromatic carbocycles. The van der Waals surface area contributed by atoms with Crippen LogP contribution < -0.4 is 9.54 Å². The Morgan fingerprint density at radius 3 is 2.75 bits per heavy atom. The van der Waals surface area contributed by atoms with Crippen molar-refractivity contribution in [3.63, 3.8) is 0 Å². The molecule has 2 rings (SSSR count). The fourth-order valence-electron chi connectivity index (χ4n) is 1.78. The molecule has 0 saturated carbocycles. The van der Waals surface area contributed by atoms with Crippen LogP contribution in [-0.2, 0) is 11.3 Å². The fraction of sp³-hybridized carbons (Fsp3) is 0.286. The number of hydrogen-bond acceptors (Lipinski definition) is 4. The molecule has 6 heteroatoms. The van der Waals surface area contributed by atoms with E-state index in [1.54, 1.807) is 30.0 Å². The predicted molar refractivity (Wildman–Crippen MR) is 76.5 cm³/mol. The van der Waals surface area contributed by atoms with E-state index < -0.39 is 6.10 Å². The smallest absolute Gasteiger partial charge is 0.245 e. The number of carbonyl (C=O) groups is 1. The Morgan fingerprint density at radius 2 is 2.15 bits per heavy atom. The van der Waals surface area contributed by atoms with E-state index in [4.69, 9.17) is 4.74 Å². The Balaban J connectivity index is 2.17. The lowest BCUT2D eigenvalue weighted by Crippen LogP contribution is -2.19. The number of carbonyl (C=O) groups excluding carboxylic acids is 1. The normalized spacial score (nSPS) is 13.2. The van der Waals surface area contributed by atoms with Gasteiger partial charge in [0.25, 0.3) is 0 Å². The SMILES string of the molecule is COc1ccc([C@@H](O)Cn2ccsc2=NC(C)=O)cc1. The van der Waals surface area contributed by atoms with E-state index in [-0.39, 0.29) is 5.91 Å². The molecule has 0 fully saturated rings. The van der Waals surface area contributed by atoms with Crippen LogP contribution in [0.2, 0.25) is 0 Å². The van der Waals surface area contributed by atoms with Gasteiger partial charge in [-0.1, -0.05) is 12.1 Å². The molecule has 0 unspecified atom stereocenters. The third kappa shape index (κ3) is 3.55. The molecular weight excluding hydrogens is 276 g/mol. The number of thiazole rings is 1. The molecule has 0 aliphatic heterocycles. The minimum atomic E-state index is -0.665. The lowest BCUT2D eigenvalue weighted by atomic mass is 10.1. The number of aliphatic hydroxyl groups excluding tert-OH is 1. The highest BCUT2D eigenvalue weighted by Gasteiger charge is 2.09. The molecule has 5 nitrogen and oxygen atoms in total. The average Bonchev–Trinajstić information content (AvgIpc) is 2.85. The molecule has 2 aromatic rings. The van der Waals surface area contributed by atoms with Crippen molar-refractivity contribution in [2.75, 3.05) is 7.11 Å². The highest BCUT2D eigenvalue weighted by Crippen LogP contribution is 2.18. The second-order valence-corrected chi connectivity index (χ2v) is 5.13. The molecule has 0 saturated heterocycles. The van der Waals surface area contributed by atoms with Gasteiger partial charge in [-0.25, -0.2) is 0 Å². The molecule has 0 bridgehead atoms. The Labute approximate surface area is 120 Å². The first-order chi connectivity index (χ1) is 9.60. The Morgan fingerprint density at radius 1 is 1.45 bits per heavy atom. The van der Waals surface area contributed by atoms with E-state index in [1.165, 1.54) is 18.3 Å². The summed E-state index contributed by atoms with van der Waals surface area (Å²) in [6.45, 7) is 1.76. The van der Waals surface area contributed by atoms with Crippen LogP contribution in [0.4, 0.5) is 0 Å². The largest absolute Gasteiger partial charge is 0.497 e. The van der Waals surface area contributed by atoms with Crippen molar-refractivity contribution in [1.29, 1.82) is 0 Å². The van der Waals surface area contributed by atoms with Crippen LogP contribution in [0.25, 0.3) is 0 Å². The van der Waals surface area contributed by atoms with Crippen molar-refractivity contribution in [3.05, 3.63) is 46.2 Å². The molecule has 106 valence electrons. The molecule has 0 aliphatic rings. The number of aromatic nitrogens is 1. The fourth-order valence-corrected chi connectivity index (χ4v) is 2.56. The summed E-state index contributed by atoms with van der Waals surface area (Å²) in [7, 11) is 1.60. The first kappa shape index (κ1) is 14.5. The summed E-state index contributed by atoms with van der Waals surface area (Å²) < 4.78 is 6.84. The first-order valence-electron chi connectivity index (χ1n) is 6.11. The molecule has 1 amide bonds. The maximum atomic E-state index is 11.0. The van der Waals surface area contributed by atoms with Crippen molar-refractivity contribution < 1.29 is 14.6 Å². The zero-order valence-corrected chi connectivity index (χ0v) is 12.1. The van der Waals surface area contributed by atoms with Crippen molar-refractivity contribution in [1.82, 2.24) is 4.57 Å². The quantitative estimate of drug-likeness (QED) is 0.933. The van der Waals surface area contributed by atoms with E-state index in [2.05, 4.69) is 4.99 Å². The molecule has 1 N–H and O–H groups in total. The predicted octanol–water partition coefficient (Wildman–Crippen LogP) is 1.74. The van der Waals surface area contributed by atoms with Gasteiger partial charge in [0.15, 0.2) is 4.80 Å². The van der Waals surface area contributed by atoms with E-state index in [1.807, 2.05) is 17.5 Å². The van der Waals surface area contributed by atoms with Gasteiger partial charge in [-0.2, -0.15) is 4.99 Å². The van der Waals surface area contributed by atoms with Crippen LogP contribution in [0.5, 0.6) is 5.75 Å². The van der Waals surface area contributed by atoms with Gasteiger partial charge in [0.2, 0.25) is 5.91 Å². The van der Waals surface area contributed by atoms with E-state index in [9.17, 15) is 9.90 Å². The van der Waals surface area contributed by atoms with Gasteiger partial charge in [-0.15, -0.1) is 11.3 Å². The number of benzene rings is 1. The summed E-state index contributed by atoms with van der Waals surface area (Å²) in [6, 6.07) is 7.24. The first-order valence-corrected chi connectivity index (χ1v) is 6.99. The number of aliphatic hydroxyl groups is 1. The monoisotopic (exact) mass is 292 g/mol. The van der Waals surface area contributed by atoms with Crippen LogP contribution in [0.1, 0.15) is 18.6 Å². The van der Waals surface area contributed by atoms with Crippen molar-refractivity contribution in [2.45, 2.75) is 19.6 Å². The van der Waals surface area contributed by atoms with Gasteiger partial charge < -0.3 is 14.4 Å². The van der Waals surface area contributed by atoms with Gasteiger partial charge in [0, 0.05) is 18.5 Å². The summed E-state index contributed by atoms with van der Waals surface area (Å²) >= 11 is 1.37. The van der Waals surface area contributed by atoms with E-state index in [0.717, 1.165) is 11.3 Å². The maximum Gasteiger partial charge on any atom is 0.245 e. The van der Waals surface area contributed by atoms with Crippen LogP contribution >= 0.6 is 11.3 Å². The van der Waals surface area contributed by atoms with Crippen LogP contribution in [0.3, 0.4) is 0 Å². The van der Waals surface area contributed by atoms with Gasteiger partial charge >= 0.3 is 0 Å². The van der Waals surface area contributed by atoms with Crippen molar-refractivity contribution in [2.24, 2.45) is 4.99 Å². The third-order valence-corrected chi connectivity index (χ3v) is 3.58. The minimum Gasteiger partial charge on any atom is -0.497 e. The van der Waals surface area contributed by atoms with Crippen LogP contribution in [-0.4, -0.2) is 22.7 Å². The Kier molecular flexibility index (Phi) is 4.70. The molecule has 0 aliphatic carbocycles. The lowest BCUT2D eigenvalue weighted by molar-refractivity contribution is -0.116. The van der Waals surface area contributed by atoms with Crippen LogP contribution in [0.15, 0.2) is 40.8 Å². The third-order valence-electron chi connectivity index (χ3n) is 2.78. The summed E-state index contributed by atoms with van der Waals surface area (Å²) in [6.07, 6.45) is 1.14. The summed E-state index contributed by atoms with van der Waals surface area (Å²) in [5.74, 6) is 0.497. The zero-order chi connectivity index (χ0) is 14.5. The minimum absolute atomic E-state index is 0.250. The second kappa shape index (κ2) is 6.49. The molecule has 0 radical (unpaired) electrons. The van der Waals surface area contributed by atoms with Gasteiger partial charge in [0.1, 0.15) is 5.75 Å². The zero-order valence-electron chi connectivity index (χ0n) is 11.3. The van der Waals surface area contributed by atoms with Crippen LogP contribution in [0, 0.1) is 0 Å². The Bertz CT molecular complexity index is 643. The summed E-state index contributed by atoms with van der Waals surface area (Å²) in [4.78, 5) is 15.5. The maximum absolute atomic E-state index is 11.0. The molecule has 20 heavy (non-hydrogen) atoms. The van der Waals surface area contributed by atoms with E-state index >= 15 is 0 Å². The molecule has 1 atom stereocenters. The number of hydrogen-bond donors (Lipinski definition) is 1. The molecule has 0 spiro atoms. The molecule has 1 heterocycles. The van der Waals surface area contributed by atoms with Gasteiger partial charge in [-0.05, 0) is 17.7 Å². The topological polar surface area (TPSA) is 63.8 Å². The number of rotatable bonds is 4. The van der Waals surface area contributed by atoms with Gasteiger partial charge in [0.05, 0.1) is 19.8 Å². The summed E-state index contributed by atoms with van der Waals surface area (Å²) in [5, 5.41) is 12.1. The van der Waals surface area contributed by atoms with Crippen molar-refractivity contribution >= 4 is 17.2 Å². The lowest BCUT2D eigenvalue weighted by Gasteiger charge is -2.12. The second-order valence-electron chi connectivity index (χ2n) is 4.26. The molecule has 1 aromatic heterocycles. The highest BCUT2D eigenvalue weighted by atomic mass is 32.1. The highest BCUT2D eigenvalue weighted by molar-refractivity contribution is 7.07. The molecular formula is C14H16N2O3S. The van der Waals surface area contributed by atoms with Crippen molar-refractivity contribution in [3.8, 4) is 5.75 Å². The number of ether oxygens (including phenoxy) is 1. The number of methoxy groups -OCH3 is 1. The van der Waals surface area contributed by atoms with Gasteiger partial charge in [-0.3, -0.25) is 4.79 Å².